The van der Waals surface area contributed by atoms with Gasteiger partial charge in [-0.15, -0.1) is 0 Å². The van der Waals surface area contributed by atoms with Crippen molar-refractivity contribution < 1.29 is 0 Å². The van der Waals surface area contributed by atoms with Gasteiger partial charge in [-0.2, -0.15) is 0 Å². The number of benzene rings is 14. The van der Waals surface area contributed by atoms with Crippen molar-refractivity contribution in [2.24, 2.45) is 0 Å². The largest absolute Gasteiger partial charge is 0.0622 e. The summed E-state index contributed by atoms with van der Waals surface area (Å²) in [5.74, 6) is 0. The summed E-state index contributed by atoms with van der Waals surface area (Å²) in [6.45, 7) is 0. The van der Waals surface area contributed by atoms with Crippen LogP contribution in [0.1, 0.15) is 0 Å². The van der Waals surface area contributed by atoms with E-state index in [1.165, 1.54) is 142 Å². The Kier molecular flexibility index (Phi) is 7.49. The van der Waals surface area contributed by atoms with Crippen LogP contribution in [0.3, 0.4) is 0 Å². The van der Waals surface area contributed by atoms with E-state index in [1.807, 2.05) is 0 Å². The summed E-state index contributed by atoms with van der Waals surface area (Å²) >= 11 is 0. The Morgan fingerprint density at radius 3 is 1.30 bits per heavy atom. The molecule has 0 heteroatoms. The second kappa shape index (κ2) is 13.6. The molecule has 0 aromatic heterocycles. The first-order chi connectivity index (χ1) is 31.7. The Hall–Kier alpha value is -8.32. The van der Waals surface area contributed by atoms with Crippen molar-refractivity contribution in [1.82, 2.24) is 0 Å². The molecule has 0 atom stereocenters. The summed E-state index contributed by atoms with van der Waals surface area (Å²) in [6.07, 6.45) is 0. The van der Waals surface area contributed by atoms with Gasteiger partial charge in [-0.25, -0.2) is 0 Å². The van der Waals surface area contributed by atoms with Crippen molar-refractivity contribution in [2.75, 3.05) is 0 Å². The Bertz CT molecular complexity index is 4140. The van der Waals surface area contributed by atoms with Crippen molar-refractivity contribution in [1.29, 1.82) is 0 Å². The second-order valence-electron chi connectivity index (χ2n) is 17.5. The summed E-state index contributed by atoms with van der Waals surface area (Å²) in [5, 5.41) is 20.6. The molecule has 0 unspecified atom stereocenters. The average molecular weight is 807 g/mol. The molecule has 0 radical (unpaired) electrons. The quantitative estimate of drug-likeness (QED) is 0.152. The molecule has 64 heavy (non-hydrogen) atoms. The van der Waals surface area contributed by atoms with E-state index in [-0.39, 0.29) is 0 Å². The lowest BCUT2D eigenvalue weighted by atomic mass is 9.81. The summed E-state index contributed by atoms with van der Waals surface area (Å²) < 4.78 is 0. The molecular formula is C64H38. The first kappa shape index (κ1) is 35.3. The standard InChI is InChI=1S/C64H38/c1-2-11-40(12-3-1)57-37-47(31-34-51(57)50-32-27-45-25-23-41-15-8-17-43-29-35-55(50)62(45)60(41)43)58-38-59(52-33-28-46-26-24-42-16-9-18-44-30-36-56(52)63(46)61(42)44)49-20-6-7-21-54(49)64(58)53-22-10-14-39-13-4-5-19-48(39)53/h1-38H. The van der Waals surface area contributed by atoms with E-state index >= 15 is 0 Å². The van der Waals surface area contributed by atoms with Gasteiger partial charge in [-0.05, 0) is 154 Å². The van der Waals surface area contributed by atoms with Crippen molar-refractivity contribution in [3.05, 3.63) is 231 Å². The lowest BCUT2D eigenvalue weighted by Crippen LogP contribution is -1.95. The maximum Gasteiger partial charge on any atom is -0.00201 e. The van der Waals surface area contributed by atoms with Gasteiger partial charge >= 0.3 is 0 Å². The fourth-order valence-electron chi connectivity index (χ4n) is 11.3. The van der Waals surface area contributed by atoms with Crippen LogP contribution in [0.2, 0.25) is 0 Å². The zero-order valence-corrected chi connectivity index (χ0v) is 34.9. The Balaban J connectivity index is 1.09. The van der Waals surface area contributed by atoms with Crippen LogP contribution >= 0.6 is 0 Å². The van der Waals surface area contributed by atoms with Gasteiger partial charge in [-0.3, -0.25) is 0 Å². The van der Waals surface area contributed by atoms with E-state index in [2.05, 4.69) is 231 Å². The van der Waals surface area contributed by atoms with Crippen molar-refractivity contribution in [3.8, 4) is 55.6 Å². The van der Waals surface area contributed by atoms with E-state index in [0.29, 0.717) is 0 Å². The smallest absolute Gasteiger partial charge is 0.00201 e. The highest BCUT2D eigenvalue weighted by Crippen LogP contribution is 2.50. The van der Waals surface area contributed by atoms with Gasteiger partial charge in [0.05, 0.1) is 0 Å². The molecule has 0 fully saturated rings. The summed E-state index contributed by atoms with van der Waals surface area (Å²) in [5.41, 5.74) is 12.3. The van der Waals surface area contributed by atoms with Gasteiger partial charge in [0.1, 0.15) is 0 Å². The van der Waals surface area contributed by atoms with Gasteiger partial charge < -0.3 is 0 Å². The van der Waals surface area contributed by atoms with Gasteiger partial charge in [0.25, 0.3) is 0 Å². The minimum absolute atomic E-state index is 1.19. The van der Waals surface area contributed by atoms with Crippen LogP contribution in [0.15, 0.2) is 231 Å². The van der Waals surface area contributed by atoms with E-state index in [4.69, 9.17) is 0 Å². The normalized spacial score (nSPS) is 12.1. The third-order valence-corrected chi connectivity index (χ3v) is 14.2. The molecule has 0 aliphatic carbocycles. The van der Waals surface area contributed by atoms with Crippen LogP contribution in [0.5, 0.6) is 0 Å². The lowest BCUT2D eigenvalue weighted by Gasteiger charge is -2.22. The highest BCUT2D eigenvalue weighted by atomic mass is 14.3. The van der Waals surface area contributed by atoms with Gasteiger partial charge in [0.2, 0.25) is 0 Å². The fourth-order valence-corrected chi connectivity index (χ4v) is 11.3. The van der Waals surface area contributed by atoms with Gasteiger partial charge in [-0.1, -0.05) is 218 Å². The third-order valence-electron chi connectivity index (χ3n) is 14.2. The van der Waals surface area contributed by atoms with Crippen LogP contribution in [-0.4, -0.2) is 0 Å². The molecule has 0 N–H and O–H groups in total. The minimum atomic E-state index is 1.19. The van der Waals surface area contributed by atoms with Crippen LogP contribution in [0.4, 0.5) is 0 Å². The first-order valence-electron chi connectivity index (χ1n) is 22.3. The fraction of sp³-hybridized carbons (Fsp3) is 0. The maximum atomic E-state index is 2.51. The van der Waals surface area contributed by atoms with Crippen LogP contribution in [0, 0.1) is 0 Å². The molecule has 14 aromatic rings. The summed E-state index contributed by atoms with van der Waals surface area (Å²) in [4.78, 5) is 0. The monoisotopic (exact) mass is 806 g/mol. The number of fused-ring (bicyclic) bond motifs is 2. The molecule has 0 aliphatic rings. The van der Waals surface area contributed by atoms with Crippen molar-refractivity contribution in [2.45, 2.75) is 0 Å². The molecule has 14 aromatic carbocycles. The second-order valence-corrected chi connectivity index (χ2v) is 17.5. The topological polar surface area (TPSA) is 0 Å². The van der Waals surface area contributed by atoms with Gasteiger partial charge in [0.15, 0.2) is 0 Å². The van der Waals surface area contributed by atoms with Crippen molar-refractivity contribution >= 4 is 86.2 Å². The molecule has 294 valence electrons. The first-order valence-corrected chi connectivity index (χ1v) is 22.3. The molecule has 0 heterocycles. The molecule has 0 saturated carbocycles. The third kappa shape index (κ3) is 5.11. The molecule has 0 aliphatic heterocycles. The average Bonchev–Trinajstić information content (AvgIpc) is 3.37. The van der Waals surface area contributed by atoms with E-state index < -0.39 is 0 Å². The van der Waals surface area contributed by atoms with Crippen LogP contribution in [-0.2, 0) is 0 Å². The molecule has 0 amide bonds. The molecule has 0 spiro atoms. The number of hydrogen-bond donors (Lipinski definition) is 0. The summed E-state index contributed by atoms with van der Waals surface area (Å²) in [7, 11) is 0. The zero-order chi connectivity index (χ0) is 41.9. The predicted octanol–water partition coefficient (Wildman–Crippen LogP) is 18.1. The van der Waals surface area contributed by atoms with E-state index in [1.54, 1.807) is 0 Å². The Morgan fingerprint density at radius 2 is 0.641 bits per heavy atom. The lowest BCUT2D eigenvalue weighted by molar-refractivity contribution is 1.58. The zero-order valence-electron chi connectivity index (χ0n) is 34.9. The highest BCUT2D eigenvalue weighted by molar-refractivity contribution is 6.28. The van der Waals surface area contributed by atoms with E-state index in [9.17, 15) is 0 Å². The Morgan fingerprint density at radius 1 is 0.172 bits per heavy atom. The maximum absolute atomic E-state index is 2.51. The molecule has 0 bridgehead atoms. The number of rotatable bonds is 5. The summed E-state index contributed by atoms with van der Waals surface area (Å²) in [6, 6.07) is 86.5. The molecular weight excluding hydrogens is 769 g/mol. The predicted molar refractivity (Wildman–Crippen MR) is 276 cm³/mol. The Labute approximate surface area is 370 Å². The van der Waals surface area contributed by atoms with Crippen molar-refractivity contribution in [3.63, 3.8) is 0 Å². The molecule has 0 nitrogen and oxygen atoms in total. The van der Waals surface area contributed by atoms with Gasteiger partial charge in [0, 0.05) is 0 Å². The van der Waals surface area contributed by atoms with Crippen LogP contribution in [0.25, 0.3) is 142 Å². The molecule has 0 saturated heterocycles. The van der Waals surface area contributed by atoms with Crippen LogP contribution < -0.4 is 0 Å². The minimum Gasteiger partial charge on any atom is -0.0622 e. The van der Waals surface area contributed by atoms with E-state index in [0.717, 1.165) is 0 Å². The number of hydrogen-bond acceptors (Lipinski definition) is 0. The highest BCUT2D eigenvalue weighted by Gasteiger charge is 2.22. The SMILES string of the molecule is c1ccc(-c2cc(-c3cc(-c4ccc5ccc6cccc7ccc4c5c67)c4ccccc4c3-c3cccc4ccccc34)ccc2-c2ccc3ccc4cccc5ccc2c3c45)cc1. The molecule has 14 rings (SSSR count).